The standard InChI is InChI=1S/C20H23NO4/c1-3-25-20(23)19-18(22)13-17(14-9-11-16(24-2)12-10-14)21(19)15-7-5-4-6-8-15/h4-12,17-19,22H,3,13H2,1-2H3/t17-,18-,19+/m1/s1. The smallest absolute Gasteiger partial charge is 0.331 e. The van der Waals surface area contributed by atoms with Crippen molar-refractivity contribution in [2.75, 3.05) is 18.6 Å². The number of para-hydroxylation sites is 1. The molecule has 3 rings (SSSR count). The van der Waals surface area contributed by atoms with E-state index in [9.17, 15) is 9.90 Å². The van der Waals surface area contributed by atoms with Gasteiger partial charge in [0.25, 0.3) is 0 Å². The van der Waals surface area contributed by atoms with Crippen LogP contribution in [0.2, 0.25) is 0 Å². The molecule has 1 heterocycles. The molecule has 1 fully saturated rings. The third-order valence-electron chi connectivity index (χ3n) is 4.55. The number of anilines is 1. The van der Waals surface area contributed by atoms with E-state index in [1.807, 2.05) is 59.5 Å². The second-order valence-electron chi connectivity index (χ2n) is 6.03. The van der Waals surface area contributed by atoms with Gasteiger partial charge in [-0.2, -0.15) is 0 Å². The summed E-state index contributed by atoms with van der Waals surface area (Å²) in [5.41, 5.74) is 1.91. The predicted molar refractivity (Wildman–Crippen MR) is 95.7 cm³/mol. The van der Waals surface area contributed by atoms with E-state index in [2.05, 4.69) is 0 Å². The molecule has 2 aromatic carbocycles. The Labute approximate surface area is 147 Å². The zero-order valence-corrected chi connectivity index (χ0v) is 14.5. The van der Waals surface area contributed by atoms with Crippen molar-refractivity contribution in [1.29, 1.82) is 0 Å². The van der Waals surface area contributed by atoms with Crippen LogP contribution in [0.5, 0.6) is 5.75 Å². The topological polar surface area (TPSA) is 59.0 Å². The van der Waals surface area contributed by atoms with Crippen molar-refractivity contribution in [3.63, 3.8) is 0 Å². The van der Waals surface area contributed by atoms with Crippen molar-refractivity contribution in [1.82, 2.24) is 0 Å². The summed E-state index contributed by atoms with van der Waals surface area (Å²) in [6.45, 7) is 2.06. The van der Waals surface area contributed by atoms with Gasteiger partial charge in [0.05, 0.1) is 25.9 Å². The Morgan fingerprint density at radius 1 is 1.16 bits per heavy atom. The van der Waals surface area contributed by atoms with Gasteiger partial charge in [-0.25, -0.2) is 4.79 Å². The zero-order chi connectivity index (χ0) is 17.8. The summed E-state index contributed by atoms with van der Waals surface area (Å²) in [7, 11) is 1.63. The van der Waals surface area contributed by atoms with Crippen LogP contribution in [0.1, 0.15) is 24.9 Å². The van der Waals surface area contributed by atoms with E-state index in [0.29, 0.717) is 6.42 Å². The van der Waals surface area contributed by atoms with Crippen LogP contribution < -0.4 is 9.64 Å². The van der Waals surface area contributed by atoms with Crippen LogP contribution >= 0.6 is 0 Å². The van der Waals surface area contributed by atoms with E-state index in [4.69, 9.17) is 9.47 Å². The summed E-state index contributed by atoms with van der Waals surface area (Å²) in [6, 6.07) is 16.6. The fourth-order valence-electron chi connectivity index (χ4n) is 3.41. The number of hydrogen-bond donors (Lipinski definition) is 1. The third-order valence-corrected chi connectivity index (χ3v) is 4.55. The minimum absolute atomic E-state index is 0.113. The second kappa shape index (κ2) is 7.57. The molecule has 0 unspecified atom stereocenters. The number of esters is 1. The summed E-state index contributed by atoms with van der Waals surface area (Å²) in [6.07, 6.45) is -0.323. The van der Waals surface area contributed by atoms with E-state index >= 15 is 0 Å². The van der Waals surface area contributed by atoms with E-state index in [1.165, 1.54) is 0 Å². The van der Waals surface area contributed by atoms with Crippen molar-refractivity contribution in [3.8, 4) is 5.75 Å². The van der Waals surface area contributed by atoms with Gasteiger partial charge in [-0.05, 0) is 36.8 Å². The van der Waals surface area contributed by atoms with E-state index in [-0.39, 0.29) is 12.6 Å². The predicted octanol–water partition coefficient (Wildman–Crippen LogP) is 2.94. The second-order valence-corrected chi connectivity index (χ2v) is 6.03. The minimum atomic E-state index is -0.786. The lowest BCUT2D eigenvalue weighted by Crippen LogP contribution is -2.43. The third kappa shape index (κ3) is 3.46. The molecule has 0 bridgehead atoms. The first-order valence-electron chi connectivity index (χ1n) is 8.47. The summed E-state index contributed by atoms with van der Waals surface area (Å²) in [4.78, 5) is 14.4. The van der Waals surface area contributed by atoms with E-state index in [0.717, 1.165) is 17.0 Å². The molecule has 1 aliphatic rings. The molecule has 2 aromatic rings. The van der Waals surface area contributed by atoms with Crippen LogP contribution in [-0.2, 0) is 9.53 Å². The van der Waals surface area contributed by atoms with Crippen LogP contribution in [-0.4, -0.2) is 36.9 Å². The van der Waals surface area contributed by atoms with Crippen LogP contribution in [0.25, 0.3) is 0 Å². The van der Waals surface area contributed by atoms with Crippen LogP contribution in [0.4, 0.5) is 5.69 Å². The van der Waals surface area contributed by atoms with Crippen LogP contribution in [0.3, 0.4) is 0 Å². The summed E-state index contributed by atoms with van der Waals surface area (Å²) >= 11 is 0. The highest BCUT2D eigenvalue weighted by Crippen LogP contribution is 2.40. The molecule has 0 spiro atoms. The molecule has 0 radical (unpaired) electrons. The lowest BCUT2D eigenvalue weighted by molar-refractivity contribution is -0.146. The SMILES string of the molecule is CCOC(=O)[C@@H]1[C@H](O)C[C@H](c2ccc(OC)cc2)N1c1ccccc1. The van der Waals surface area contributed by atoms with Gasteiger partial charge < -0.3 is 19.5 Å². The van der Waals surface area contributed by atoms with Crippen molar-refractivity contribution < 1.29 is 19.4 Å². The number of carbonyl (C=O) groups is 1. The Balaban J connectivity index is 1.99. The van der Waals surface area contributed by atoms with Gasteiger partial charge in [0.2, 0.25) is 0 Å². The van der Waals surface area contributed by atoms with Gasteiger partial charge in [-0.1, -0.05) is 30.3 Å². The van der Waals surface area contributed by atoms with Gasteiger partial charge in [-0.15, -0.1) is 0 Å². The van der Waals surface area contributed by atoms with Crippen LogP contribution in [0.15, 0.2) is 54.6 Å². The number of ether oxygens (including phenoxy) is 2. The number of methoxy groups -OCH3 is 1. The number of aliphatic hydroxyl groups excluding tert-OH is 1. The summed E-state index contributed by atoms with van der Waals surface area (Å²) < 4.78 is 10.4. The molecule has 0 saturated carbocycles. The van der Waals surface area contributed by atoms with Crippen molar-refractivity contribution in [3.05, 3.63) is 60.2 Å². The molecule has 25 heavy (non-hydrogen) atoms. The number of aliphatic hydroxyl groups is 1. The lowest BCUT2D eigenvalue weighted by Gasteiger charge is -2.31. The fourth-order valence-corrected chi connectivity index (χ4v) is 3.41. The quantitative estimate of drug-likeness (QED) is 0.848. The maximum Gasteiger partial charge on any atom is 0.331 e. The van der Waals surface area contributed by atoms with Gasteiger partial charge >= 0.3 is 5.97 Å². The molecule has 0 amide bonds. The monoisotopic (exact) mass is 341 g/mol. The first-order chi connectivity index (χ1) is 12.2. The Bertz CT molecular complexity index is 701. The molecule has 5 heteroatoms. The van der Waals surface area contributed by atoms with Crippen molar-refractivity contribution in [2.45, 2.75) is 31.5 Å². The van der Waals surface area contributed by atoms with Gasteiger partial charge in [0, 0.05) is 12.1 Å². The summed E-state index contributed by atoms with van der Waals surface area (Å²) in [5, 5.41) is 10.6. The van der Waals surface area contributed by atoms with Gasteiger partial charge in [0.1, 0.15) is 5.75 Å². The molecule has 0 aliphatic carbocycles. The maximum absolute atomic E-state index is 12.5. The highest BCUT2D eigenvalue weighted by Gasteiger charge is 2.46. The molecule has 5 nitrogen and oxygen atoms in total. The minimum Gasteiger partial charge on any atom is -0.497 e. The Hall–Kier alpha value is -2.53. The van der Waals surface area contributed by atoms with Gasteiger partial charge in [0.15, 0.2) is 6.04 Å². The Morgan fingerprint density at radius 2 is 1.84 bits per heavy atom. The number of hydrogen-bond acceptors (Lipinski definition) is 5. The average Bonchev–Trinajstić information content (AvgIpc) is 3.00. The first-order valence-corrected chi connectivity index (χ1v) is 8.47. The maximum atomic E-state index is 12.5. The van der Waals surface area contributed by atoms with Gasteiger partial charge in [-0.3, -0.25) is 0 Å². The lowest BCUT2D eigenvalue weighted by atomic mass is 10.0. The average molecular weight is 341 g/mol. The first kappa shape index (κ1) is 17.3. The molecule has 0 aromatic heterocycles. The van der Waals surface area contributed by atoms with E-state index < -0.39 is 18.1 Å². The van der Waals surface area contributed by atoms with Crippen molar-refractivity contribution >= 4 is 11.7 Å². The largest absolute Gasteiger partial charge is 0.497 e. The highest BCUT2D eigenvalue weighted by atomic mass is 16.5. The summed E-state index contributed by atoms with van der Waals surface area (Å²) in [5.74, 6) is 0.380. The number of rotatable bonds is 5. The molecular weight excluding hydrogens is 318 g/mol. The van der Waals surface area contributed by atoms with E-state index in [1.54, 1.807) is 14.0 Å². The number of nitrogens with zero attached hydrogens (tertiary/aromatic N) is 1. The number of benzene rings is 2. The number of carbonyl (C=O) groups excluding carboxylic acids is 1. The van der Waals surface area contributed by atoms with Crippen molar-refractivity contribution in [2.24, 2.45) is 0 Å². The molecule has 3 atom stereocenters. The Morgan fingerprint density at radius 3 is 2.44 bits per heavy atom. The normalized spacial score (nSPS) is 22.7. The highest BCUT2D eigenvalue weighted by molar-refractivity contribution is 5.82. The fraction of sp³-hybridized carbons (Fsp3) is 0.350. The molecule has 1 aliphatic heterocycles. The Kier molecular flexibility index (Phi) is 5.24. The zero-order valence-electron chi connectivity index (χ0n) is 14.5. The molecule has 1 saturated heterocycles. The molecular formula is C20H23NO4. The molecule has 1 N–H and O–H groups in total. The van der Waals surface area contributed by atoms with Crippen LogP contribution in [0, 0.1) is 0 Å². The molecule has 132 valence electrons.